The Labute approximate surface area is 216 Å². The molecule has 0 atom stereocenters. The molecule has 0 spiro atoms. The highest BCUT2D eigenvalue weighted by Crippen LogP contribution is 2.57. The van der Waals surface area contributed by atoms with Crippen molar-refractivity contribution in [3.05, 3.63) is 78.4 Å². The van der Waals surface area contributed by atoms with Gasteiger partial charge in [-0.05, 0) is 56.2 Å². The molecular formula is C31H31N3O3. The molecule has 2 saturated carbocycles. The largest absolute Gasteiger partial charge is 0.493 e. The third kappa shape index (κ3) is 3.58. The number of rotatable bonds is 6. The zero-order valence-corrected chi connectivity index (χ0v) is 21.0. The summed E-state index contributed by atoms with van der Waals surface area (Å²) in [5.74, 6) is 2.82. The van der Waals surface area contributed by atoms with Crippen LogP contribution in [0.15, 0.2) is 72.8 Å². The van der Waals surface area contributed by atoms with E-state index in [1.807, 2.05) is 43.3 Å². The van der Waals surface area contributed by atoms with Gasteiger partial charge in [-0.25, -0.2) is 4.98 Å². The summed E-state index contributed by atoms with van der Waals surface area (Å²) < 4.78 is 14.3. The maximum atomic E-state index is 10.9. The summed E-state index contributed by atoms with van der Waals surface area (Å²) in [6.07, 6.45) is 3.51. The number of hydrogen-bond donors (Lipinski definition) is 2. The molecule has 0 radical (unpaired) electrons. The lowest BCUT2D eigenvalue weighted by Gasteiger charge is -2.52. The van der Waals surface area contributed by atoms with Crippen LogP contribution in [0.1, 0.15) is 38.2 Å². The number of hydrogen-bond acceptors (Lipinski definition) is 5. The van der Waals surface area contributed by atoms with Crippen LogP contribution in [0.3, 0.4) is 0 Å². The molecule has 2 aliphatic carbocycles. The third-order valence-corrected chi connectivity index (χ3v) is 8.19. The van der Waals surface area contributed by atoms with Crippen molar-refractivity contribution in [3.8, 4) is 45.4 Å². The number of aromatic nitrogens is 2. The van der Waals surface area contributed by atoms with E-state index in [-0.39, 0.29) is 0 Å². The Morgan fingerprint density at radius 2 is 1.76 bits per heavy atom. The van der Waals surface area contributed by atoms with Crippen LogP contribution in [0, 0.1) is 5.92 Å². The van der Waals surface area contributed by atoms with Gasteiger partial charge in [-0.3, -0.25) is 4.57 Å². The number of ether oxygens (including phenoxy) is 2. The molecule has 0 amide bonds. The van der Waals surface area contributed by atoms with Crippen LogP contribution < -0.4 is 15.2 Å². The van der Waals surface area contributed by atoms with Gasteiger partial charge in [-0.2, -0.15) is 0 Å². The highest BCUT2D eigenvalue weighted by atomic mass is 16.5. The van der Waals surface area contributed by atoms with E-state index >= 15 is 0 Å². The molecule has 4 aromatic rings. The second-order valence-corrected chi connectivity index (χ2v) is 10.7. The molecule has 188 valence electrons. The van der Waals surface area contributed by atoms with E-state index in [0.717, 1.165) is 63.8 Å². The van der Waals surface area contributed by atoms with Crippen LogP contribution in [-0.2, 0) is 12.3 Å². The molecule has 7 rings (SSSR count). The second kappa shape index (κ2) is 8.20. The monoisotopic (exact) mass is 493 g/mol. The van der Waals surface area contributed by atoms with Crippen LogP contribution in [0.25, 0.3) is 33.9 Å². The highest BCUT2D eigenvalue weighted by molar-refractivity contribution is 5.85. The lowest BCUT2D eigenvalue weighted by molar-refractivity contribution is -0.106. The first-order valence-corrected chi connectivity index (χ1v) is 13.2. The van der Waals surface area contributed by atoms with Crippen LogP contribution in [-0.4, -0.2) is 26.9 Å². The summed E-state index contributed by atoms with van der Waals surface area (Å²) >= 11 is 0. The number of imidazole rings is 1. The van der Waals surface area contributed by atoms with Gasteiger partial charge in [-0.1, -0.05) is 60.7 Å². The quantitative estimate of drug-likeness (QED) is 0.359. The second-order valence-electron chi connectivity index (χ2n) is 10.7. The fourth-order valence-electron chi connectivity index (χ4n) is 6.24. The fourth-order valence-corrected chi connectivity index (χ4v) is 6.24. The average Bonchev–Trinajstić information content (AvgIpc) is 3.69. The van der Waals surface area contributed by atoms with E-state index in [0.29, 0.717) is 32.1 Å². The first-order valence-electron chi connectivity index (χ1n) is 13.2. The van der Waals surface area contributed by atoms with Crippen LogP contribution in [0.4, 0.5) is 0 Å². The Hall–Kier alpha value is -3.61. The molecule has 3 aromatic carbocycles. The Bertz CT molecular complexity index is 1470. The molecule has 1 aromatic heterocycles. The maximum absolute atomic E-state index is 10.9. The van der Waals surface area contributed by atoms with E-state index in [9.17, 15) is 5.11 Å². The summed E-state index contributed by atoms with van der Waals surface area (Å²) in [5, 5.41) is 10.9. The molecule has 0 saturated heterocycles. The predicted octanol–water partition coefficient (Wildman–Crippen LogP) is 5.72. The molecule has 6 nitrogen and oxygen atoms in total. The van der Waals surface area contributed by atoms with Gasteiger partial charge in [0.2, 0.25) is 0 Å². The number of benzene rings is 3. The van der Waals surface area contributed by atoms with E-state index in [1.165, 1.54) is 0 Å². The zero-order chi connectivity index (χ0) is 25.2. The summed E-state index contributed by atoms with van der Waals surface area (Å²) in [5.41, 5.74) is 11.6. The van der Waals surface area contributed by atoms with Crippen molar-refractivity contribution in [2.75, 3.05) is 6.61 Å². The van der Waals surface area contributed by atoms with E-state index < -0.39 is 11.1 Å². The topological polar surface area (TPSA) is 82.5 Å². The third-order valence-electron chi connectivity index (χ3n) is 8.19. The van der Waals surface area contributed by atoms with Crippen molar-refractivity contribution in [1.29, 1.82) is 0 Å². The molecule has 3 aliphatic rings. The van der Waals surface area contributed by atoms with Gasteiger partial charge in [-0.15, -0.1) is 0 Å². The van der Waals surface area contributed by atoms with Gasteiger partial charge in [0.1, 0.15) is 17.1 Å². The standard InChI is InChI=1S/C31H31N3O3/c1-2-36-24-9-6-10-25-26(24)29-33-27(28(34(29)19-37-25)21-7-4-3-5-8-21)20-11-13-22(14-12-20)30(32)17-31(35,18-30)23-15-16-23/h3-14,23,35H,2,15-19,32H2,1H3/t30-,31-. The van der Waals surface area contributed by atoms with Gasteiger partial charge in [0.15, 0.2) is 12.6 Å². The van der Waals surface area contributed by atoms with E-state index in [2.05, 4.69) is 41.0 Å². The molecule has 2 heterocycles. The number of nitrogens with two attached hydrogens (primary N) is 1. The van der Waals surface area contributed by atoms with Crippen LogP contribution in [0.5, 0.6) is 11.5 Å². The summed E-state index contributed by atoms with van der Waals surface area (Å²) in [4.78, 5) is 5.19. The maximum Gasteiger partial charge on any atom is 0.167 e. The molecule has 0 unspecified atom stereocenters. The number of nitrogens with zero attached hydrogens (tertiary/aromatic N) is 2. The molecule has 2 fully saturated rings. The Morgan fingerprint density at radius 1 is 1.00 bits per heavy atom. The summed E-state index contributed by atoms with van der Waals surface area (Å²) in [6.45, 7) is 2.92. The van der Waals surface area contributed by atoms with Crippen LogP contribution >= 0.6 is 0 Å². The smallest absolute Gasteiger partial charge is 0.167 e. The lowest BCUT2D eigenvalue weighted by Crippen LogP contribution is -2.60. The van der Waals surface area contributed by atoms with Crippen molar-refractivity contribution >= 4 is 0 Å². The van der Waals surface area contributed by atoms with E-state index in [1.54, 1.807) is 0 Å². The van der Waals surface area contributed by atoms with Crippen molar-refractivity contribution in [3.63, 3.8) is 0 Å². The lowest BCUT2D eigenvalue weighted by atomic mass is 9.60. The molecule has 37 heavy (non-hydrogen) atoms. The van der Waals surface area contributed by atoms with Crippen molar-refractivity contribution in [2.24, 2.45) is 11.7 Å². The van der Waals surface area contributed by atoms with Crippen molar-refractivity contribution < 1.29 is 14.6 Å². The highest BCUT2D eigenvalue weighted by Gasteiger charge is 2.58. The summed E-state index contributed by atoms with van der Waals surface area (Å²) in [6, 6.07) is 24.6. The Balaban J connectivity index is 1.32. The Kier molecular flexibility index (Phi) is 5.00. The van der Waals surface area contributed by atoms with Crippen molar-refractivity contribution in [2.45, 2.75) is 50.5 Å². The minimum Gasteiger partial charge on any atom is -0.493 e. The first-order chi connectivity index (χ1) is 18.0. The Morgan fingerprint density at radius 3 is 2.46 bits per heavy atom. The average molecular weight is 494 g/mol. The predicted molar refractivity (Wildman–Crippen MR) is 143 cm³/mol. The minimum atomic E-state index is -0.581. The molecule has 1 aliphatic heterocycles. The SMILES string of the molecule is CCOc1cccc2c1-c1nc(-c3ccc([C@]4(N)C[C@@](O)(C5CC5)C4)cc3)c(-c3ccccc3)n1CO2. The molecular weight excluding hydrogens is 462 g/mol. The minimum absolute atomic E-state index is 0.374. The van der Waals surface area contributed by atoms with Gasteiger partial charge in [0, 0.05) is 16.7 Å². The van der Waals surface area contributed by atoms with Gasteiger partial charge in [0.25, 0.3) is 0 Å². The normalized spacial score (nSPS) is 24.0. The molecule has 0 bridgehead atoms. The number of fused-ring (bicyclic) bond motifs is 3. The fraction of sp³-hybridized carbons (Fsp3) is 0.323. The molecule has 6 heteroatoms. The number of aliphatic hydroxyl groups is 1. The van der Waals surface area contributed by atoms with Crippen molar-refractivity contribution in [1.82, 2.24) is 9.55 Å². The zero-order valence-electron chi connectivity index (χ0n) is 21.0. The van der Waals surface area contributed by atoms with E-state index in [4.69, 9.17) is 20.2 Å². The first kappa shape index (κ1) is 22.6. The van der Waals surface area contributed by atoms with Crippen LogP contribution in [0.2, 0.25) is 0 Å². The van der Waals surface area contributed by atoms with Gasteiger partial charge >= 0.3 is 0 Å². The summed E-state index contributed by atoms with van der Waals surface area (Å²) in [7, 11) is 0. The molecule has 3 N–H and O–H groups in total. The van der Waals surface area contributed by atoms with Gasteiger partial charge < -0.3 is 20.3 Å². The van der Waals surface area contributed by atoms with Gasteiger partial charge in [0.05, 0.1) is 23.6 Å².